The zero-order chi connectivity index (χ0) is 35.2. The van der Waals surface area contributed by atoms with Crippen molar-refractivity contribution in [3.05, 3.63) is 116 Å². The van der Waals surface area contributed by atoms with Gasteiger partial charge in [0.15, 0.2) is 5.43 Å². The van der Waals surface area contributed by atoms with Gasteiger partial charge in [-0.05, 0) is 80.3 Å². The first-order valence-corrected chi connectivity index (χ1v) is 17.5. The van der Waals surface area contributed by atoms with Crippen molar-refractivity contribution in [2.45, 2.75) is 78.6 Å². The van der Waals surface area contributed by atoms with Crippen molar-refractivity contribution in [3.8, 4) is 23.0 Å². The molecule has 248 valence electrons. The summed E-state index contributed by atoms with van der Waals surface area (Å²) < 4.78 is 15.8. The van der Waals surface area contributed by atoms with Crippen molar-refractivity contribution in [3.63, 3.8) is 0 Å². The first-order chi connectivity index (χ1) is 23.5. The fourth-order valence-electron chi connectivity index (χ4n) is 8.05. The van der Waals surface area contributed by atoms with Crippen LogP contribution in [0.2, 0.25) is 0 Å². The van der Waals surface area contributed by atoms with Crippen molar-refractivity contribution in [1.29, 1.82) is 0 Å². The van der Waals surface area contributed by atoms with E-state index in [1.54, 1.807) is 0 Å². The molecule has 0 saturated carbocycles. The third-order valence-electron chi connectivity index (χ3n) is 10.9. The van der Waals surface area contributed by atoms with Gasteiger partial charge in [-0.25, -0.2) is 0 Å². The maximum Gasteiger partial charge on any atom is 0.260 e. The Labute approximate surface area is 291 Å². The van der Waals surface area contributed by atoms with Crippen LogP contribution in [0.5, 0.6) is 23.0 Å². The molecule has 50 heavy (non-hydrogen) atoms. The minimum atomic E-state index is -0.201. The van der Waals surface area contributed by atoms with Crippen molar-refractivity contribution in [2.24, 2.45) is 0 Å². The summed E-state index contributed by atoms with van der Waals surface area (Å²) in [7, 11) is 0. The molecule has 0 spiro atoms. The first kappa shape index (κ1) is 30.9. The molecule has 2 aromatic heterocycles. The molecule has 0 atom stereocenters. The number of fused-ring (bicyclic) bond motifs is 9. The molecule has 5 nitrogen and oxygen atoms in total. The Morgan fingerprint density at radius 3 is 1.68 bits per heavy atom. The van der Waals surface area contributed by atoms with Gasteiger partial charge < -0.3 is 13.9 Å². The summed E-state index contributed by atoms with van der Waals surface area (Å²) in [6, 6.07) is 26.6. The Morgan fingerprint density at radius 1 is 0.540 bits per heavy atom. The Morgan fingerprint density at radius 2 is 1.08 bits per heavy atom. The number of nitrogens with zero attached hydrogens (tertiary/aromatic N) is 1. The maximum atomic E-state index is 14.8. The van der Waals surface area contributed by atoms with Crippen LogP contribution in [-0.2, 0) is 16.2 Å². The van der Waals surface area contributed by atoms with Gasteiger partial charge in [0.25, 0.3) is 6.71 Å². The minimum absolute atomic E-state index is 0.0709. The molecule has 0 fully saturated rings. The normalized spacial score (nSPS) is 14.1. The summed E-state index contributed by atoms with van der Waals surface area (Å²) in [5.41, 5.74) is 8.00. The Bertz CT molecular complexity index is 2730. The summed E-state index contributed by atoms with van der Waals surface area (Å²) >= 11 is 0. The van der Waals surface area contributed by atoms with Crippen molar-refractivity contribution in [1.82, 2.24) is 4.40 Å². The van der Waals surface area contributed by atoms with E-state index in [9.17, 15) is 9.59 Å². The predicted molar refractivity (Wildman–Crippen MR) is 207 cm³/mol. The lowest BCUT2D eigenvalue weighted by Crippen LogP contribution is -2.58. The monoisotopic (exact) mass is 657 g/mol. The summed E-state index contributed by atoms with van der Waals surface area (Å²) in [5.74, 6) is 2.71. The van der Waals surface area contributed by atoms with Crippen molar-refractivity contribution < 1.29 is 9.47 Å². The molecule has 9 rings (SSSR count). The van der Waals surface area contributed by atoms with E-state index < -0.39 is 0 Å². The first-order valence-electron chi connectivity index (χ1n) is 17.5. The van der Waals surface area contributed by atoms with Gasteiger partial charge in [-0.15, -0.1) is 0 Å². The van der Waals surface area contributed by atoms with Crippen LogP contribution >= 0.6 is 0 Å². The second-order valence-corrected chi connectivity index (χ2v) is 17.3. The molecule has 2 aliphatic heterocycles. The standard InChI is InChI=1S/C44H40BNO4/c1-42(2,3)23-13-16-31-28(19-23)39(47)26-11-10-12-27-38(26)46(31)32-22-35-37-41(36(32)40(27)48)50-34-18-15-25(44(7,8)9)21-30(34)45(37)29-20-24(43(4,5)6)14-17-33(29)49-35/h10-22H,1-9H3. The van der Waals surface area contributed by atoms with Gasteiger partial charge in [0, 0.05) is 27.7 Å². The van der Waals surface area contributed by atoms with Crippen LogP contribution in [0.25, 0.3) is 38.1 Å². The SMILES string of the molecule is CC(C)(C)c1ccc2c(c1)B1c3cc(C(C)(C)C)ccc3Oc3c1c(cc1c3c(=O)c3cccc4c(=O)c5cc(C(C)(C)C)ccc5n1c43)O2. The summed E-state index contributed by atoms with van der Waals surface area (Å²) in [6.45, 7) is 19.6. The third-order valence-corrected chi connectivity index (χ3v) is 10.9. The summed E-state index contributed by atoms with van der Waals surface area (Å²) in [4.78, 5) is 29.0. The van der Waals surface area contributed by atoms with Crippen LogP contribution in [0.15, 0.2) is 88.5 Å². The molecule has 0 aliphatic carbocycles. The van der Waals surface area contributed by atoms with Crippen LogP contribution < -0.4 is 36.7 Å². The molecule has 0 amide bonds. The van der Waals surface area contributed by atoms with Gasteiger partial charge in [0.05, 0.1) is 21.9 Å². The highest BCUT2D eigenvalue weighted by molar-refractivity contribution is 6.98. The molecular weight excluding hydrogens is 617 g/mol. The molecule has 6 heteroatoms. The number of benzene rings is 5. The zero-order valence-corrected chi connectivity index (χ0v) is 30.2. The average Bonchev–Trinajstić information content (AvgIpc) is 3.05. The fourth-order valence-corrected chi connectivity index (χ4v) is 8.05. The van der Waals surface area contributed by atoms with Crippen LogP contribution in [0.4, 0.5) is 0 Å². The van der Waals surface area contributed by atoms with Gasteiger partial charge in [0.2, 0.25) is 5.43 Å². The second kappa shape index (κ2) is 9.78. The quantitative estimate of drug-likeness (QED) is 0.0938. The number of aromatic nitrogens is 1. The Hall–Kier alpha value is -5.10. The number of para-hydroxylation sites is 1. The highest BCUT2D eigenvalue weighted by Crippen LogP contribution is 2.42. The average molecular weight is 658 g/mol. The summed E-state index contributed by atoms with van der Waals surface area (Å²) in [5, 5.41) is 2.12. The molecular formula is C44H40BNO4. The van der Waals surface area contributed by atoms with Gasteiger partial charge in [0.1, 0.15) is 23.0 Å². The van der Waals surface area contributed by atoms with E-state index in [4.69, 9.17) is 9.47 Å². The lowest BCUT2D eigenvalue weighted by atomic mass is 9.34. The van der Waals surface area contributed by atoms with E-state index in [2.05, 4.69) is 109 Å². The summed E-state index contributed by atoms with van der Waals surface area (Å²) in [6.07, 6.45) is 0. The number of ether oxygens (including phenoxy) is 2. The van der Waals surface area contributed by atoms with Gasteiger partial charge in [-0.1, -0.05) is 98.7 Å². The number of hydrogen-bond acceptors (Lipinski definition) is 4. The highest BCUT2D eigenvalue weighted by Gasteiger charge is 2.43. The van der Waals surface area contributed by atoms with E-state index in [-0.39, 0.29) is 33.8 Å². The van der Waals surface area contributed by atoms with Crippen LogP contribution in [0.1, 0.15) is 79.0 Å². The van der Waals surface area contributed by atoms with Gasteiger partial charge >= 0.3 is 0 Å². The van der Waals surface area contributed by atoms with Crippen LogP contribution in [0, 0.1) is 0 Å². The molecule has 0 unspecified atom stereocenters. The molecule has 0 radical (unpaired) electrons. The Kier molecular flexibility index (Phi) is 6.05. The van der Waals surface area contributed by atoms with Crippen molar-refractivity contribution in [2.75, 3.05) is 0 Å². The largest absolute Gasteiger partial charge is 0.458 e. The van der Waals surface area contributed by atoms with Gasteiger partial charge in [-0.3, -0.25) is 9.59 Å². The van der Waals surface area contributed by atoms with E-state index >= 15 is 0 Å². The van der Waals surface area contributed by atoms with Crippen LogP contribution in [0.3, 0.4) is 0 Å². The number of rotatable bonds is 0. The van der Waals surface area contributed by atoms with Crippen molar-refractivity contribution >= 4 is 61.2 Å². The highest BCUT2D eigenvalue weighted by atomic mass is 16.5. The Balaban J connectivity index is 1.46. The van der Waals surface area contributed by atoms with Crippen LogP contribution in [-0.4, -0.2) is 11.1 Å². The number of pyridine rings is 2. The molecule has 2 aliphatic rings. The molecule has 7 aromatic rings. The fraction of sp³-hybridized carbons (Fsp3) is 0.273. The smallest absolute Gasteiger partial charge is 0.260 e. The molecule has 5 aromatic carbocycles. The number of hydrogen-bond donors (Lipinski definition) is 0. The van der Waals surface area contributed by atoms with E-state index in [0.717, 1.165) is 39.0 Å². The molecule has 0 saturated heterocycles. The molecule has 0 N–H and O–H groups in total. The topological polar surface area (TPSA) is 57.0 Å². The van der Waals surface area contributed by atoms with Gasteiger partial charge in [-0.2, -0.15) is 0 Å². The lowest BCUT2D eigenvalue weighted by Gasteiger charge is -2.35. The lowest BCUT2D eigenvalue weighted by molar-refractivity contribution is 0.467. The third kappa shape index (κ3) is 4.20. The zero-order valence-electron chi connectivity index (χ0n) is 30.2. The minimum Gasteiger partial charge on any atom is -0.458 e. The predicted octanol–water partition coefficient (Wildman–Crippen LogP) is 8.18. The maximum absolute atomic E-state index is 14.8. The molecule has 4 heterocycles. The van der Waals surface area contributed by atoms with E-state index in [1.165, 1.54) is 11.1 Å². The second-order valence-electron chi connectivity index (χ2n) is 17.3. The van der Waals surface area contributed by atoms with E-state index in [1.807, 2.05) is 36.4 Å². The van der Waals surface area contributed by atoms with E-state index in [0.29, 0.717) is 44.1 Å². The molecule has 0 bridgehead atoms.